The van der Waals surface area contributed by atoms with Crippen molar-refractivity contribution < 1.29 is 4.42 Å². The minimum atomic E-state index is 0.369. The molecule has 0 aliphatic carbocycles. The van der Waals surface area contributed by atoms with Gasteiger partial charge in [0.1, 0.15) is 5.76 Å². The fourth-order valence-corrected chi connectivity index (χ4v) is 3.91. The van der Waals surface area contributed by atoms with Crippen LogP contribution in [0.1, 0.15) is 41.3 Å². The summed E-state index contributed by atoms with van der Waals surface area (Å²) in [4.78, 5) is 5.43. The normalized spacial score (nSPS) is 17.4. The smallest absolute Gasteiger partial charge is 0.122 e. The third-order valence-electron chi connectivity index (χ3n) is 4.16. The van der Waals surface area contributed by atoms with E-state index in [1.807, 2.05) is 17.4 Å². The molecular weight excluding hydrogens is 280 g/mol. The van der Waals surface area contributed by atoms with Gasteiger partial charge in [0, 0.05) is 22.8 Å². The molecule has 3 rings (SSSR count). The number of aryl methyl sites for hydroxylation is 1. The van der Waals surface area contributed by atoms with Crippen LogP contribution < -0.4 is 5.32 Å². The Balaban J connectivity index is 1.57. The summed E-state index contributed by atoms with van der Waals surface area (Å²) < 4.78 is 5.65. The van der Waals surface area contributed by atoms with Gasteiger partial charge in [0.25, 0.3) is 0 Å². The molecule has 0 spiro atoms. The van der Waals surface area contributed by atoms with Crippen LogP contribution in [0.3, 0.4) is 0 Å². The van der Waals surface area contributed by atoms with Gasteiger partial charge in [0.2, 0.25) is 0 Å². The number of rotatable bonds is 7. The van der Waals surface area contributed by atoms with E-state index in [-0.39, 0.29) is 0 Å². The molecule has 1 atom stereocenters. The Labute approximate surface area is 131 Å². The van der Waals surface area contributed by atoms with Crippen molar-refractivity contribution in [2.75, 3.05) is 19.6 Å². The maximum absolute atomic E-state index is 5.65. The molecular formula is C17H24N2OS. The van der Waals surface area contributed by atoms with E-state index in [4.69, 9.17) is 4.42 Å². The highest BCUT2D eigenvalue weighted by Crippen LogP contribution is 2.25. The van der Waals surface area contributed by atoms with E-state index in [1.54, 1.807) is 6.26 Å². The highest BCUT2D eigenvalue weighted by molar-refractivity contribution is 7.11. The Morgan fingerprint density at radius 2 is 2.05 bits per heavy atom. The summed E-state index contributed by atoms with van der Waals surface area (Å²) in [5.74, 6) is 1.09. The fourth-order valence-electron chi connectivity index (χ4n) is 2.98. The average Bonchev–Trinajstić information content (AvgIpc) is 3.24. The average molecular weight is 304 g/mol. The fraction of sp³-hybridized carbons (Fsp3) is 0.529. The summed E-state index contributed by atoms with van der Waals surface area (Å²) in [6.07, 6.45) is 5.53. The first kappa shape index (κ1) is 14.8. The van der Waals surface area contributed by atoms with E-state index in [2.05, 4.69) is 35.3 Å². The van der Waals surface area contributed by atoms with Crippen LogP contribution in [0.5, 0.6) is 0 Å². The van der Waals surface area contributed by atoms with E-state index in [9.17, 15) is 0 Å². The number of hydrogen-bond donors (Lipinski definition) is 1. The first-order valence-corrected chi connectivity index (χ1v) is 8.74. The summed E-state index contributed by atoms with van der Waals surface area (Å²) in [5.41, 5.74) is 0. The minimum Gasteiger partial charge on any atom is -0.468 e. The zero-order valence-corrected chi connectivity index (χ0v) is 13.5. The van der Waals surface area contributed by atoms with Gasteiger partial charge in [-0.1, -0.05) is 6.92 Å². The summed E-state index contributed by atoms with van der Waals surface area (Å²) in [6.45, 7) is 6.49. The maximum Gasteiger partial charge on any atom is 0.122 e. The molecule has 3 heterocycles. The van der Waals surface area contributed by atoms with Crippen molar-refractivity contribution in [2.45, 2.75) is 38.8 Å². The van der Waals surface area contributed by atoms with Gasteiger partial charge < -0.3 is 9.73 Å². The molecule has 3 nitrogen and oxygen atoms in total. The molecule has 4 heteroatoms. The topological polar surface area (TPSA) is 28.4 Å². The summed E-state index contributed by atoms with van der Waals surface area (Å²) in [6, 6.07) is 8.95. The van der Waals surface area contributed by atoms with Crippen molar-refractivity contribution in [1.82, 2.24) is 10.2 Å². The quantitative estimate of drug-likeness (QED) is 0.842. The van der Waals surface area contributed by atoms with Crippen LogP contribution in [0.25, 0.3) is 0 Å². The van der Waals surface area contributed by atoms with Crippen molar-refractivity contribution in [3.8, 4) is 0 Å². The van der Waals surface area contributed by atoms with Gasteiger partial charge in [-0.2, -0.15) is 0 Å². The third-order valence-corrected chi connectivity index (χ3v) is 5.39. The molecule has 2 aromatic heterocycles. The zero-order chi connectivity index (χ0) is 14.5. The molecule has 21 heavy (non-hydrogen) atoms. The molecule has 1 saturated heterocycles. The Morgan fingerprint density at radius 3 is 2.71 bits per heavy atom. The number of likely N-dealkylation sites (tertiary alicyclic amines) is 1. The third kappa shape index (κ3) is 3.76. The van der Waals surface area contributed by atoms with Crippen LogP contribution in [0.15, 0.2) is 34.9 Å². The highest BCUT2D eigenvalue weighted by atomic mass is 32.1. The van der Waals surface area contributed by atoms with Crippen LogP contribution in [-0.2, 0) is 13.0 Å². The molecule has 0 amide bonds. The first-order valence-electron chi connectivity index (χ1n) is 7.92. The number of nitrogens with zero attached hydrogens (tertiary/aromatic N) is 1. The maximum atomic E-state index is 5.65. The lowest BCUT2D eigenvalue weighted by molar-refractivity contribution is 0.209. The van der Waals surface area contributed by atoms with Gasteiger partial charge in [0.05, 0.1) is 12.3 Å². The SMILES string of the molecule is CCc1ccc(CNCC(c2ccco2)N2CCCC2)s1. The molecule has 0 saturated carbocycles. The molecule has 2 aromatic rings. The highest BCUT2D eigenvalue weighted by Gasteiger charge is 2.25. The lowest BCUT2D eigenvalue weighted by Gasteiger charge is -2.26. The number of furan rings is 1. The van der Waals surface area contributed by atoms with Crippen LogP contribution >= 0.6 is 11.3 Å². The van der Waals surface area contributed by atoms with Crippen LogP contribution in [-0.4, -0.2) is 24.5 Å². The van der Waals surface area contributed by atoms with Gasteiger partial charge in [-0.3, -0.25) is 4.90 Å². The second kappa shape index (κ2) is 7.25. The summed E-state index contributed by atoms with van der Waals surface area (Å²) in [5, 5.41) is 3.61. The second-order valence-electron chi connectivity index (χ2n) is 5.63. The van der Waals surface area contributed by atoms with Gasteiger partial charge in [-0.25, -0.2) is 0 Å². The predicted molar refractivity (Wildman–Crippen MR) is 87.7 cm³/mol. The van der Waals surface area contributed by atoms with Gasteiger partial charge in [0.15, 0.2) is 0 Å². The Morgan fingerprint density at radius 1 is 1.24 bits per heavy atom. The number of hydrogen-bond acceptors (Lipinski definition) is 4. The standard InChI is InChI=1S/C17H24N2OS/c1-2-14-7-8-15(21-14)12-18-13-16(17-6-5-11-20-17)19-9-3-4-10-19/h5-8,11,16,18H,2-4,9-10,12-13H2,1H3. The van der Waals surface area contributed by atoms with Crippen molar-refractivity contribution in [2.24, 2.45) is 0 Å². The Kier molecular flexibility index (Phi) is 5.12. The van der Waals surface area contributed by atoms with Crippen LogP contribution in [0.2, 0.25) is 0 Å². The van der Waals surface area contributed by atoms with Crippen molar-refractivity contribution in [1.29, 1.82) is 0 Å². The van der Waals surface area contributed by atoms with Crippen LogP contribution in [0.4, 0.5) is 0 Å². The van der Waals surface area contributed by atoms with E-state index in [1.165, 1.54) is 35.7 Å². The van der Waals surface area contributed by atoms with Gasteiger partial charge in [-0.05, 0) is 56.6 Å². The van der Waals surface area contributed by atoms with E-state index in [0.717, 1.165) is 25.3 Å². The molecule has 1 aliphatic heterocycles. The summed E-state index contributed by atoms with van der Waals surface area (Å²) >= 11 is 1.91. The van der Waals surface area contributed by atoms with E-state index in [0.29, 0.717) is 6.04 Å². The van der Waals surface area contributed by atoms with Crippen molar-refractivity contribution in [3.63, 3.8) is 0 Å². The lowest BCUT2D eigenvalue weighted by atomic mass is 10.2. The summed E-state index contributed by atoms with van der Waals surface area (Å²) in [7, 11) is 0. The van der Waals surface area contributed by atoms with Crippen LogP contribution in [0, 0.1) is 0 Å². The lowest BCUT2D eigenvalue weighted by Crippen LogP contribution is -2.33. The second-order valence-corrected chi connectivity index (χ2v) is 6.88. The van der Waals surface area contributed by atoms with Crippen molar-refractivity contribution >= 4 is 11.3 Å². The van der Waals surface area contributed by atoms with Crippen molar-refractivity contribution in [3.05, 3.63) is 46.0 Å². The number of nitrogens with one attached hydrogen (secondary N) is 1. The number of thiophene rings is 1. The van der Waals surface area contributed by atoms with Gasteiger partial charge >= 0.3 is 0 Å². The predicted octanol–water partition coefficient (Wildman–Crippen LogP) is 3.83. The zero-order valence-electron chi connectivity index (χ0n) is 12.7. The van der Waals surface area contributed by atoms with Gasteiger partial charge in [-0.15, -0.1) is 11.3 Å². The Hall–Kier alpha value is -1.10. The molecule has 0 radical (unpaired) electrons. The largest absolute Gasteiger partial charge is 0.468 e. The molecule has 0 aromatic carbocycles. The molecule has 114 valence electrons. The monoisotopic (exact) mass is 304 g/mol. The molecule has 1 unspecified atom stereocenters. The Bertz CT molecular complexity index is 529. The molecule has 0 bridgehead atoms. The molecule has 1 fully saturated rings. The molecule has 1 N–H and O–H groups in total. The van der Waals surface area contributed by atoms with E-state index < -0.39 is 0 Å². The van der Waals surface area contributed by atoms with E-state index >= 15 is 0 Å². The molecule has 1 aliphatic rings. The minimum absolute atomic E-state index is 0.369. The first-order chi connectivity index (χ1) is 10.4.